The molecule has 1 atom stereocenters. The van der Waals surface area contributed by atoms with Crippen LogP contribution in [0.4, 0.5) is 12.9 Å². The third-order valence-corrected chi connectivity index (χ3v) is 2.06. The van der Waals surface area contributed by atoms with E-state index >= 15 is 0 Å². The van der Waals surface area contributed by atoms with Gasteiger partial charge < -0.3 is 23.2 Å². The van der Waals surface area contributed by atoms with Gasteiger partial charge in [-0.25, -0.2) is 0 Å². The summed E-state index contributed by atoms with van der Waals surface area (Å²) < 4.78 is 34.5. The smallest absolute Gasteiger partial charge is 0.448 e. The molecule has 0 aliphatic carbocycles. The molecule has 0 aromatic rings. The van der Waals surface area contributed by atoms with Crippen LogP contribution in [0.5, 0.6) is 0 Å². The largest absolute Gasteiger partial charge is 1.00 e. The molecule has 0 radical (unpaired) electrons. The minimum absolute atomic E-state index is 0. The van der Waals surface area contributed by atoms with Gasteiger partial charge in [-0.05, 0) is 5.65 Å². The van der Waals surface area contributed by atoms with E-state index in [0.717, 1.165) is 0 Å². The van der Waals surface area contributed by atoms with Gasteiger partial charge in [-0.15, -0.1) is 0 Å². The van der Waals surface area contributed by atoms with E-state index in [1.54, 1.807) is 0 Å². The van der Waals surface area contributed by atoms with Crippen molar-refractivity contribution in [1.29, 1.82) is 0 Å². The Kier molecular flexibility index (Phi) is 10.9. The summed E-state index contributed by atoms with van der Waals surface area (Å²) in [6.07, 6.45) is -1.04. The van der Waals surface area contributed by atoms with E-state index < -0.39 is 25.3 Å². The summed E-state index contributed by atoms with van der Waals surface area (Å²) in [5, 5.41) is 16.8. The molecule has 12 heavy (non-hydrogen) atoms. The number of hydrogen-bond donors (Lipinski definition) is 2. The van der Waals surface area contributed by atoms with Crippen molar-refractivity contribution < 1.29 is 74.5 Å². The molecule has 0 aliphatic heterocycles. The van der Waals surface area contributed by atoms with Crippen molar-refractivity contribution in [3.8, 4) is 0 Å². The van der Waals surface area contributed by atoms with Gasteiger partial charge in [-0.3, -0.25) is 0 Å². The zero-order valence-corrected chi connectivity index (χ0v) is 10.7. The second-order valence-corrected chi connectivity index (χ2v) is 3.16. The Bertz CT molecular complexity index is 115. The first-order valence-corrected chi connectivity index (χ1v) is 4.19. The van der Waals surface area contributed by atoms with Crippen LogP contribution in [-0.2, 0) is 0 Å². The summed E-state index contributed by atoms with van der Waals surface area (Å²) in [5.74, 6) is -0.0717. The van der Waals surface area contributed by atoms with Crippen LogP contribution >= 0.6 is 11.8 Å². The second kappa shape index (κ2) is 8.10. The van der Waals surface area contributed by atoms with Gasteiger partial charge in [-0.1, -0.05) is 0 Å². The van der Waals surface area contributed by atoms with Crippen LogP contribution in [0.1, 0.15) is 0 Å². The molecule has 0 saturated heterocycles. The first-order valence-electron chi connectivity index (χ1n) is 3.03. The average molecular weight is 228 g/mol. The molecule has 68 valence electrons. The molecule has 0 aromatic heterocycles. The molecule has 2 N–H and O–H groups in total. The predicted octanol–water partition coefficient (Wildman–Crippen LogP) is -2.54. The van der Waals surface area contributed by atoms with Gasteiger partial charge in [-0.2, -0.15) is 11.8 Å². The van der Waals surface area contributed by atoms with E-state index in [0.29, 0.717) is 11.8 Å². The molecule has 0 rings (SSSR count). The van der Waals surface area contributed by atoms with Crippen molar-refractivity contribution in [3.63, 3.8) is 0 Å². The zero-order chi connectivity index (χ0) is 8.91. The Balaban J connectivity index is 0. The van der Waals surface area contributed by atoms with E-state index in [1.807, 2.05) is 0 Å². The monoisotopic (exact) mass is 228 g/mol. The Morgan fingerprint density at radius 3 is 2.17 bits per heavy atom. The minimum atomic E-state index is -4.77. The topological polar surface area (TPSA) is 40.5 Å². The quantitative estimate of drug-likeness (QED) is 0.509. The third kappa shape index (κ3) is 11.8. The van der Waals surface area contributed by atoms with Gasteiger partial charge in [0.2, 0.25) is 0 Å². The first-order chi connectivity index (χ1) is 4.95. The van der Waals surface area contributed by atoms with Crippen LogP contribution in [-0.4, -0.2) is 41.3 Å². The van der Waals surface area contributed by atoms with Gasteiger partial charge in [0.1, 0.15) is 0 Å². The Morgan fingerprint density at radius 1 is 1.33 bits per heavy atom. The van der Waals surface area contributed by atoms with Crippen LogP contribution in [0.2, 0.25) is 0 Å². The minimum Gasteiger partial charge on any atom is -0.448 e. The summed E-state index contributed by atoms with van der Waals surface area (Å²) in [6, 6.07) is 0. The van der Waals surface area contributed by atoms with Gasteiger partial charge in [0.05, 0.1) is 12.7 Å². The molecule has 0 amide bonds. The Labute approximate surface area is 116 Å². The maximum atomic E-state index is 11.5. The molecule has 0 fully saturated rings. The van der Waals surface area contributed by atoms with Crippen molar-refractivity contribution in [1.82, 2.24) is 0 Å². The summed E-state index contributed by atoms with van der Waals surface area (Å²) in [7, 11) is 0. The van der Waals surface area contributed by atoms with Crippen molar-refractivity contribution in [2.24, 2.45) is 0 Å². The SMILES string of the molecule is OCC(O)CSC[B-](F)(F)F.[K+]. The van der Waals surface area contributed by atoms with Crippen molar-refractivity contribution >= 4 is 18.7 Å². The van der Waals surface area contributed by atoms with Gasteiger partial charge in [0.25, 0.3) is 0 Å². The normalized spacial score (nSPS) is 13.8. The molecular formula is C4H9BF3KO2S. The van der Waals surface area contributed by atoms with Crippen LogP contribution in [0.25, 0.3) is 0 Å². The molecule has 0 heterocycles. The fraction of sp³-hybridized carbons (Fsp3) is 1.00. The van der Waals surface area contributed by atoms with Crippen LogP contribution in [0, 0.1) is 0 Å². The maximum absolute atomic E-state index is 11.5. The van der Waals surface area contributed by atoms with Crippen LogP contribution in [0.3, 0.4) is 0 Å². The van der Waals surface area contributed by atoms with Gasteiger partial charge in [0, 0.05) is 5.75 Å². The zero-order valence-electron chi connectivity index (χ0n) is 6.71. The average Bonchev–Trinajstić information content (AvgIpc) is 1.85. The van der Waals surface area contributed by atoms with Crippen LogP contribution < -0.4 is 51.4 Å². The number of halogens is 3. The third-order valence-electron chi connectivity index (χ3n) is 0.828. The molecule has 2 nitrogen and oxygen atoms in total. The van der Waals surface area contributed by atoms with E-state index in [1.165, 1.54) is 0 Å². The molecule has 0 aliphatic rings. The van der Waals surface area contributed by atoms with E-state index in [-0.39, 0.29) is 57.1 Å². The van der Waals surface area contributed by atoms with Crippen LogP contribution in [0.15, 0.2) is 0 Å². The van der Waals surface area contributed by atoms with E-state index in [9.17, 15) is 12.9 Å². The molecule has 1 unspecified atom stereocenters. The predicted molar refractivity (Wildman–Crippen MR) is 39.5 cm³/mol. The maximum Gasteiger partial charge on any atom is 1.00 e. The second-order valence-electron chi connectivity index (χ2n) is 2.08. The van der Waals surface area contributed by atoms with Crippen molar-refractivity contribution in [2.45, 2.75) is 6.10 Å². The summed E-state index contributed by atoms with van der Waals surface area (Å²) in [4.78, 5) is 0. The standard InChI is InChI=1S/C4H9BF3O2S.K/c6-5(7,8)3-11-2-4(10)1-9;/h4,9-10H,1-3H2;/q-1;+1. The molecule has 0 saturated carbocycles. The van der Waals surface area contributed by atoms with Gasteiger partial charge in [0.15, 0.2) is 0 Å². The van der Waals surface area contributed by atoms with E-state index in [4.69, 9.17) is 10.2 Å². The Morgan fingerprint density at radius 2 is 1.83 bits per heavy atom. The van der Waals surface area contributed by atoms with Crippen molar-refractivity contribution in [3.05, 3.63) is 0 Å². The molecule has 8 heteroatoms. The first kappa shape index (κ1) is 16.2. The number of aliphatic hydroxyl groups excluding tert-OH is 2. The number of hydrogen-bond acceptors (Lipinski definition) is 3. The fourth-order valence-corrected chi connectivity index (χ4v) is 1.17. The summed E-state index contributed by atoms with van der Waals surface area (Å²) >= 11 is 0.586. The van der Waals surface area contributed by atoms with Gasteiger partial charge >= 0.3 is 58.4 Å². The number of rotatable bonds is 5. The summed E-state index contributed by atoms with van der Waals surface area (Å²) in [6.45, 7) is -5.26. The fourth-order valence-electron chi connectivity index (χ4n) is 0.390. The molecule has 0 bridgehead atoms. The van der Waals surface area contributed by atoms with E-state index in [2.05, 4.69) is 0 Å². The number of thioether (sulfide) groups is 1. The molecule has 0 aromatic carbocycles. The number of aliphatic hydroxyl groups is 2. The summed E-state index contributed by atoms with van der Waals surface area (Å²) in [5.41, 5.74) is -0.920. The molecule has 0 spiro atoms. The van der Waals surface area contributed by atoms with Crippen molar-refractivity contribution in [2.75, 3.05) is 18.0 Å². The molecular weight excluding hydrogens is 219 g/mol. The Hall–Kier alpha value is 1.76.